The molecule has 0 spiro atoms. The van der Waals surface area contributed by atoms with Crippen molar-refractivity contribution in [3.8, 4) is 0 Å². The van der Waals surface area contributed by atoms with Crippen LogP contribution in [0.2, 0.25) is 0 Å². The Morgan fingerprint density at radius 2 is 1.67 bits per heavy atom. The molecule has 2 unspecified atom stereocenters. The second-order valence-electron chi connectivity index (χ2n) is 6.95. The van der Waals surface area contributed by atoms with Crippen molar-refractivity contribution < 1.29 is 9.59 Å². The predicted octanol–water partition coefficient (Wildman–Crippen LogP) is 4.11. The number of fused-ring (bicyclic) bond motifs is 1. The van der Waals surface area contributed by atoms with E-state index in [1.165, 1.54) is 0 Å². The van der Waals surface area contributed by atoms with Crippen LogP contribution in [0.1, 0.15) is 18.4 Å². The molecule has 2 aliphatic rings. The van der Waals surface area contributed by atoms with Crippen LogP contribution in [0.15, 0.2) is 78.9 Å². The number of hydrogen-bond donors (Lipinski definition) is 1. The molecule has 2 aromatic rings. The Morgan fingerprint density at radius 1 is 0.889 bits per heavy atom. The van der Waals surface area contributed by atoms with Gasteiger partial charge < -0.3 is 10.2 Å². The molecule has 136 valence electrons. The van der Waals surface area contributed by atoms with Gasteiger partial charge in [-0.2, -0.15) is 0 Å². The Balaban J connectivity index is 1.54. The highest BCUT2D eigenvalue weighted by Crippen LogP contribution is 2.34. The number of allylic oxidation sites excluding steroid dienone is 4. The molecule has 1 aliphatic heterocycles. The Bertz CT molecular complexity index is 902. The first-order valence-corrected chi connectivity index (χ1v) is 9.32. The number of amides is 1. The molecule has 0 aromatic heterocycles. The van der Waals surface area contributed by atoms with Crippen molar-refractivity contribution in [2.45, 2.75) is 25.4 Å². The summed E-state index contributed by atoms with van der Waals surface area (Å²) in [6.07, 6.45) is 8.47. The number of nitrogens with one attached hydrogen (secondary N) is 1. The first-order chi connectivity index (χ1) is 13.2. The maximum absolute atomic E-state index is 13.2. The van der Waals surface area contributed by atoms with Gasteiger partial charge in [0.15, 0.2) is 5.78 Å². The van der Waals surface area contributed by atoms with Crippen LogP contribution < -0.4 is 10.2 Å². The summed E-state index contributed by atoms with van der Waals surface area (Å²) in [5.74, 6) is 0.0342. The zero-order valence-electron chi connectivity index (χ0n) is 15.0. The Kier molecular flexibility index (Phi) is 4.88. The zero-order chi connectivity index (χ0) is 18.6. The molecule has 4 rings (SSSR count). The van der Waals surface area contributed by atoms with Crippen molar-refractivity contribution in [2.75, 3.05) is 10.2 Å². The van der Waals surface area contributed by atoms with E-state index in [1.807, 2.05) is 71.6 Å². The van der Waals surface area contributed by atoms with Crippen molar-refractivity contribution in [1.29, 1.82) is 0 Å². The minimum Gasteiger partial charge on any atom is -0.372 e. The topological polar surface area (TPSA) is 49.4 Å². The summed E-state index contributed by atoms with van der Waals surface area (Å²) in [5, 5.41) is 3.37. The van der Waals surface area contributed by atoms with Crippen LogP contribution in [0.25, 0.3) is 0 Å². The van der Waals surface area contributed by atoms with Gasteiger partial charge in [-0.15, -0.1) is 0 Å². The minimum absolute atomic E-state index is 0.0559. The van der Waals surface area contributed by atoms with Gasteiger partial charge >= 0.3 is 0 Å². The average Bonchev–Trinajstić information content (AvgIpc) is 2.71. The quantitative estimate of drug-likeness (QED) is 0.875. The number of benzene rings is 2. The lowest BCUT2D eigenvalue weighted by molar-refractivity contribution is -0.121. The molecule has 4 heteroatoms. The molecule has 2 atom stereocenters. The standard InChI is InChI=1S/C23H22N2O2/c26-22-13-7-4-10-18(22)14-15-20-23(27)25(16-17-8-2-1-3-9-17)21-12-6-5-11-19(21)24-20/h1-13,18,20,24H,14-16H2. The van der Waals surface area contributed by atoms with Gasteiger partial charge in [0.2, 0.25) is 5.91 Å². The van der Waals surface area contributed by atoms with Crippen LogP contribution in [0.5, 0.6) is 0 Å². The van der Waals surface area contributed by atoms with Crippen molar-refractivity contribution in [3.63, 3.8) is 0 Å². The first-order valence-electron chi connectivity index (χ1n) is 9.32. The van der Waals surface area contributed by atoms with Crippen molar-refractivity contribution in [2.24, 2.45) is 5.92 Å². The number of carbonyl (C=O) groups excluding carboxylic acids is 2. The van der Waals surface area contributed by atoms with E-state index < -0.39 is 0 Å². The summed E-state index contributed by atoms with van der Waals surface area (Å²) in [5.41, 5.74) is 2.96. The molecule has 4 nitrogen and oxygen atoms in total. The van der Waals surface area contributed by atoms with Gasteiger partial charge in [0, 0.05) is 5.92 Å². The van der Waals surface area contributed by atoms with Crippen LogP contribution in [-0.4, -0.2) is 17.7 Å². The molecule has 0 fully saturated rings. The molecule has 2 aromatic carbocycles. The van der Waals surface area contributed by atoms with Gasteiger partial charge in [-0.1, -0.05) is 60.7 Å². The summed E-state index contributed by atoms with van der Waals surface area (Å²) in [4.78, 5) is 27.0. The number of nitrogens with zero attached hydrogens (tertiary/aromatic N) is 1. The van der Waals surface area contributed by atoms with E-state index in [2.05, 4.69) is 5.32 Å². The lowest BCUT2D eigenvalue weighted by Crippen LogP contribution is -2.47. The highest BCUT2D eigenvalue weighted by atomic mass is 16.2. The fraction of sp³-hybridized carbons (Fsp3) is 0.217. The molecule has 0 radical (unpaired) electrons. The third kappa shape index (κ3) is 3.70. The Labute approximate surface area is 159 Å². The van der Waals surface area contributed by atoms with Crippen LogP contribution in [0, 0.1) is 5.92 Å². The number of para-hydroxylation sites is 2. The summed E-state index contributed by atoms with van der Waals surface area (Å²) in [7, 11) is 0. The third-order valence-corrected chi connectivity index (χ3v) is 5.12. The number of anilines is 2. The largest absolute Gasteiger partial charge is 0.372 e. The minimum atomic E-state index is -0.323. The van der Waals surface area contributed by atoms with E-state index in [-0.39, 0.29) is 23.7 Å². The van der Waals surface area contributed by atoms with E-state index >= 15 is 0 Å². The Hall–Kier alpha value is -3.14. The summed E-state index contributed by atoms with van der Waals surface area (Å²) in [6.45, 7) is 0.542. The maximum atomic E-state index is 13.2. The molecule has 1 heterocycles. The molecular weight excluding hydrogens is 336 g/mol. The van der Waals surface area contributed by atoms with Crippen LogP contribution >= 0.6 is 0 Å². The molecule has 27 heavy (non-hydrogen) atoms. The summed E-state index contributed by atoms with van der Waals surface area (Å²) in [6, 6.07) is 17.6. The van der Waals surface area contributed by atoms with Gasteiger partial charge in [0.25, 0.3) is 0 Å². The second kappa shape index (κ2) is 7.62. The van der Waals surface area contributed by atoms with Crippen LogP contribution in [0.3, 0.4) is 0 Å². The van der Waals surface area contributed by atoms with E-state index in [4.69, 9.17) is 0 Å². The van der Waals surface area contributed by atoms with E-state index in [1.54, 1.807) is 12.2 Å². The normalized spacial score (nSPS) is 21.1. The number of hydrogen-bond acceptors (Lipinski definition) is 3. The van der Waals surface area contributed by atoms with Crippen molar-refractivity contribution >= 4 is 23.1 Å². The third-order valence-electron chi connectivity index (χ3n) is 5.12. The summed E-state index contributed by atoms with van der Waals surface area (Å²) < 4.78 is 0. The van der Waals surface area contributed by atoms with E-state index in [9.17, 15) is 9.59 Å². The lowest BCUT2D eigenvalue weighted by Gasteiger charge is -2.36. The SMILES string of the molecule is O=C1C=CC=CC1CCC1Nc2ccccc2N(Cc2ccccc2)C1=O. The number of ketones is 1. The fourth-order valence-corrected chi connectivity index (χ4v) is 3.66. The summed E-state index contributed by atoms with van der Waals surface area (Å²) >= 11 is 0. The zero-order valence-corrected chi connectivity index (χ0v) is 15.0. The fourth-order valence-electron chi connectivity index (χ4n) is 3.66. The monoisotopic (exact) mass is 358 g/mol. The van der Waals surface area contributed by atoms with Crippen molar-refractivity contribution in [1.82, 2.24) is 0 Å². The van der Waals surface area contributed by atoms with E-state index in [0.717, 1.165) is 16.9 Å². The van der Waals surface area contributed by atoms with Gasteiger partial charge in [-0.05, 0) is 36.6 Å². The van der Waals surface area contributed by atoms with Crippen LogP contribution in [0.4, 0.5) is 11.4 Å². The first kappa shape index (κ1) is 17.3. The van der Waals surface area contributed by atoms with Gasteiger partial charge in [-0.25, -0.2) is 0 Å². The Morgan fingerprint density at radius 3 is 2.48 bits per heavy atom. The molecule has 0 saturated carbocycles. The predicted molar refractivity (Wildman–Crippen MR) is 107 cm³/mol. The molecular formula is C23H22N2O2. The molecule has 1 amide bonds. The molecule has 1 N–H and O–H groups in total. The number of rotatable bonds is 5. The molecule has 0 bridgehead atoms. The van der Waals surface area contributed by atoms with Crippen molar-refractivity contribution in [3.05, 3.63) is 84.5 Å². The number of carbonyl (C=O) groups is 2. The molecule has 0 saturated heterocycles. The van der Waals surface area contributed by atoms with Crippen LogP contribution in [-0.2, 0) is 16.1 Å². The average molecular weight is 358 g/mol. The molecule has 1 aliphatic carbocycles. The maximum Gasteiger partial charge on any atom is 0.249 e. The smallest absolute Gasteiger partial charge is 0.249 e. The lowest BCUT2D eigenvalue weighted by atomic mass is 9.91. The van der Waals surface area contributed by atoms with Gasteiger partial charge in [-0.3, -0.25) is 9.59 Å². The van der Waals surface area contributed by atoms with Gasteiger partial charge in [0.05, 0.1) is 17.9 Å². The van der Waals surface area contributed by atoms with E-state index in [0.29, 0.717) is 19.4 Å². The van der Waals surface area contributed by atoms with Gasteiger partial charge in [0.1, 0.15) is 6.04 Å². The highest BCUT2D eigenvalue weighted by molar-refractivity contribution is 6.04. The second-order valence-corrected chi connectivity index (χ2v) is 6.95. The highest BCUT2D eigenvalue weighted by Gasteiger charge is 2.32.